The fraction of sp³-hybridized carbons (Fsp3) is 0.273. The van der Waals surface area contributed by atoms with Crippen LogP contribution in [-0.2, 0) is 20.6 Å². The molecule has 2 aromatic carbocycles. The molecule has 0 radical (unpaired) electrons. The lowest BCUT2D eigenvalue weighted by molar-refractivity contribution is -0.137. The molecule has 2 aromatic rings. The Labute approximate surface area is 192 Å². The van der Waals surface area contributed by atoms with Crippen LogP contribution < -0.4 is 10.1 Å². The van der Waals surface area contributed by atoms with Crippen molar-refractivity contribution in [2.24, 2.45) is 4.99 Å². The third-order valence-corrected chi connectivity index (χ3v) is 5.72. The number of nitrogens with one attached hydrogen (secondary N) is 1. The monoisotopic (exact) mass is 479 g/mol. The number of para-hydroxylation sites is 3. The topological polar surface area (TPSA) is 88.1 Å². The van der Waals surface area contributed by atoms with Crippen molar-refractivity contribution >= 4 is 46.1 Å². The highest BCUT2D eigenvalue weighted by atomic mass is 32.2. The van der Waals surface area contributed by atoms with E-state index >= 15 is 0 Å². The van der Waals surface area contributed by atoms with Gasteiger partial charge in [0.15, 0.2) is 10.9 Å². The van der Waals surface area contributed by atoms with Gasteiger partial charge < -0.3 is 10.1 Å². The first-order valence-electron chi connectivity index (χ1n) is 9.90. The van der Waals surface area contributed by atoms with E-state index in [1.165, 1.54) is 36.1 Å². The summed E-state index contributed by atoms with van der Waals surface area (Å²) in [4.78, 5) is 41.9. The number of rotatable bonds is 6. The Kier molecular flexibility index (Phi) is 7.42. The maximum atomic E-state index is 13.3. The normalized spacial score (nSPS) is 17.4. The van der Waals surface area contributed by atoms with Gasteiger partial charge in [-0.05, 0) is 31.2 Å². The molecule has 1 aliphatic rings. The van der Waals surface area contributed by atoms with Gasteiger partial charge in [-0.2, -0.15) is 13.2 Å². The number of amidine groups is 1. The van der Waals surface area contributed by atoms with Crippen LogP contribution in [-0.4, -0.2) is 39.6 Å². The molecule has 1 aliphatic heterocycles. The number of amides is 2. The van der Waals surface area contributed by atoms with E-state index in [1.807, 2.05) is 0 Å². The van der Waals surface area contributed by atoms with Crippen molar-refractivity contribution in [2.45, 2.75) is 31.7 Å². The van der Waals surface area contributed by atoms with Gasteiger partial charge in [0.05, 0.1) is 16.9 Å². The van der Waals surface area contributed by atoms with Gasteiger partial charge in [-0.1, -0.05) is 36.0 Å². The number of alkyl halides is 3. The average Bonchev–Trinajstić information content (AvgIpc) is 3.02. The number of carbonyl (C=O) groups is 3. The molecular formula is C22H20F3N3O4S. The van der Waals surface area contributed by atoms with Gasteiger partial charge in [0, 0.05) is 19.9 Å². The first-order valence-corrected chi connectivity index (χ1v) is 10.8. The van der Waals surface area contributed by atoms with E-state index in [1.54, 1.807) is 25.1 Å². The van der Waals surface area contributed by atoms with E-state index in [0.29, 0.717) is 0 Å². The van der Waals surface area contributed by atoms with E-state index in [9.17, 15) is 27.6 Å². The van der Waals surface area contributed by atoms with Crippen LogP contribution >= 0.6 is 11.8 Å². The van der Waals surface area contributed by atoms with Crippen LogP contribution in [0.3, 0.4) is 0 Å². The summed E-state index contributed by atoms with van der Waals surface area (Å²) in [6.07, 6.45) is -4.84. The summed E-state index contributed by atoms with van der Waals surface area (Å²) in [5.74, 6) is -1.34. The quantitative estimate of drug-likeness (QED) is 0.483. The number of anilines is 1. The Morgan fingerprint density at radius 1 is 1.15 bits per heavy atom. The van der Waals surface area contributed by atoms with Gasteiger partial charge in [0.1, 0.15) is 5.25 Å². The minimum absolute atomic E-state index is 0.0947. The molecule has 2 amide bonds. The fourth-order valence-electron chi connectivity index (χ4n) is 3.11. The Hall–Kier alpha value is -3.34. The fourth-order valence-corrected chi connectivity index (χ4v) is 4.33. The minimum atomic E-state index is -4.60. The van der Waals surface area contributed by atoms with Crippen molar-refractivity contribution in [3.8, 4) is 5.75 Å². The van der Waals surface area contributed by atoms with Crippen LogP contribution in [0.4, 0.5) is 24.5 Å². The van der Waals surface area contributed by atoms with Crippen molar-refractivity contribution in [2.75, 3.05) is 11.9 Å². The van der Waals surface area contributed by atoms with Crippen molar-refractivity contribution in [1.82, 2.24) is 4.90 Å². The van der Waals surface area contributed by atoms with Crippen LogP contribution in [0.1, 0.15) is 25.8 Å². The molecule has 0 saturated carbocycles. The first kappa shape index (κ1) is 24.3. The Bertz CT molecular complexity index is 1100. The molecule has 1 heterocycles. The molecule has 11 heteroatoms. The summed E-state index contributed by atoms with van der Waals surface area (Å²) in [5, 5.41) is 1.84. The third kappa shape index (κ3) is 5.92. The zero-order chi connectivity index (χ0) is 24.2. The van der Waals surface area contributed by atoms with E-state index in [0.717, 1.165) is 17.8 Å². The van der Waals surface area contributed by atoms with Gasteiger partial charge in [-0.3, -0.25) is 19.3 Å². The summed E-state index contributed by atoms with van der Waals surface area (Å²) < 4.78 is 45.0. The number of nitrogens with zero attached hydrogens (tertiary/aromatic N) is 2. The van der Waals surface area contributed by atoms with Gasteiger partial charge in [0.25, 0.3) is 0 Å². The van der Waals surface area contributed by atoms with Crippen LogP contribution in [0.5, 0.6) is 5.75 Å². The van der Waals surface area contributed by atoms with Gasteiger partial charge in [-0.25, -0.2) is 4.99 Å². The highest BCUT2D eigenvalue weighted by Crippen LogP contribution is 2.38. The second kappa shape index (κ2) is 10.1. The molecule has 0 unspecified atom stereocenters. The Morgan fingerprint density at radius 3 is 2.48 bits per heavy atom. The zero-order valence-electron chi connectivity index (χ0n) is 17.7. The highest BCUT2D eigenvalue weighted by molar-refractivity contribution is 8.15. The largest absolute Gasteiger partial charge is 0.424 e. The van der Waals surface area contributed by atoms with E-state index < -0.39 is 34.8 Å². The molecule has 1 saturated heterocycles. The molecule has 7 nitrogen and oxygen atoms in total. The van der Waals surface area contributed by atoms with Crippen molar-refractivity contribution in [3.05, 3.63) is 54.1 Å². The molecule has 33 heavy (non-hydrogen) atoms. The summed E-state index contributed by atoms with van der Waals surface area (Å²) in [5.41, 5.74) is -0.961. The number of thioether (sulfide) groups is 1. The standard InChI is InChI=1S/C22H20F3N3O4S/c1-3-28-20(31)18(12-19(30)26-16-10-6-7-11-17(16)32-13(2)29)33-21(28)27-15-9-5-4-8-14(15)22(23,24)25/h4-11,18H,3,12H2,1-2H3,(H,26,30)/t18-/m1/s1. The summed E-state index contributed by atoms with van der Waals surface area (Å²) in [7, 11) is 0. The molecular weight excluding hydrogens is 459 g/mol. The van der Waals surface area contributed by atoms with Crippen molar-refractivity contribution < 1.29 is 32.3 Å². The maximum Gasteiger partial charge on any atom is 0.418 e. The number of carbonyl (C=O) groups excluding carboxylic acids is 3. The molecule has 0 spiro atoms. The summed E-state index contributed by atoms with van der Waals surface area (Å²) in [6.45, 7) is 3.08. The summed E-state index contributed by atoms with van der Waals surface area (Å²) in [6, 6.07) is 11.1. The number of hydrogen-bond acceptors (Lipinski definition) is 6. The van der Waals surface area contributed by atoms with Crippen molar-refractivity contribution in [1.29, 1.82) is 0 Å². The number of halogens is 3. The lowest BCUT2D eigenvalue weighted by Gasteiger charge is -2.15. The van der Waals surface area contributed by atoms with Crippen molar-refractivity contribution in [3.63, 3.8) is 0 Å². The molecule has 3 rings (SSSR count). The highest BCUT2D eigenvalue weighted by Gasteiger charge is 2.39. The molecule has 174 valence electrons. The van der Waals surface area contributed by atoms with Crippen LogP contribution in [0.25, 0.3) is 0 Å². The third-order valence-electron chi connectivity index (χ3n) is 4.55. The number of esters is 1. The second-order valence-electron chi connectivity index (χ2n) is 6.94. The predicted octanol–water partition coefficient (Wildman–Crippen LogP) is 4.61. The maximum absolute atomic E-state index is 13.3. The van der Waals surface area contributed by atoms with Gasteiger partial charge in [-0.15, -0.1) is 0 Å². The average molecular weight is 479 g/mol. The molecule has 0 bridgehead atoms. The SMILES string of the molecule is CCN1C(=O)[C@@H](CC(=O)Nc2ccccc2OC(C)=O)SC1=Nc1ccccc1C(F)(F)F. The molecule has 1 fully saturated rings. The minimum Gasteiger partial charge on any atom is -0.424 e. The molecule has 0 aliphatic carbocycles. The first-order chi connectivity index (χ1) is 15.6. The number of benzene rings is 2. The number of ether oxygens (including phenoxy) is 1. The molecule has 1 atom stereocenters. The Balaban J connectivity index is 1.78. The smallest absolute Gasteiger partial charge is 0.418 e. The lowest BCUT2D eigenvalue weighted by Crippen LogP contribution is -2.33. The van der Waals surface area contributed by atoms with E-state index in [-0.39, 0.29) is 35.3 Å². The van der Waals surface area contributed by atoms with E-state index in [2.05, 4.69) is 10.3 Å². The van der Waals surface area contributed by atoms with E-state index in [4.69, 9.17) is 4.74 Å². The van der Waals surface area contributed by atoms with Crippen LogP contribution in [0.2, 0.25) is 0 Å². The van der Waals surface area contributed by atoms with Gasteiger partial charge >= 0.3 is 12.1 Å². The summed E-state index contributed by atoms with van der Waals surface area (Å²) >= 11 is 0.932. The second-order valence-corrected chi connectivity index (χ2v) is 8.11. The van der Waals surface area contributed by atoms with Gasteiger partial charge in [0.2, 0.25) is 11.8 Å². The predicted molar refractivity (Wildman–Crippen MR) is 118 cm³/mol. The molecule has 1 N–H and O–H groups in total. The van der Waals surface area contributed by atoms with Crippen LogP contribution in [0, 0.1) is 0 Å². The Morgan fingerprint density at radius 2 is 1.82 bits per heavy atom. The molecule has 0 aromatic heterocycles. The lowest BCUT2D eigenvalue weighted by atomic mass is 10.2. The number of aliphatic imine (C=N–C) groups is 1. The zero-order valence-corrected chi connectivity index (χ0v) is 18.5. The van der Waals surface area contributed by atoms with Crippen LogP contribution in [0.15, 0.2) is 53.5 Å². The number of hydrogen-bond donors (Lipinski definition) is 1.